The predicted molar refractivity (Wildman–Crippen MR) is 127 cm³/mol. The Labute approximate surface area is 212 Å². The second-order valence-electron chi connectivity index (χ2n) is 9.81. The molecule has 194 valence electrons. The zero-order chi connectivity index (χ0) is 26.0. The minimum absolute atomic E-state index is 0.0823. The highest BCUT2D eigenvalue weighted by Gasteiger charge is 2.60. The number of fused-ring (bicyclic) bond motifs is 3. The van der Waals surface area contributed by atoms with Crippen molar-refractivity contribution in [2.45, 2.75) is 75.5 Å². The number of amides is 3. The summed E-state index contributed by atoms with van der Waals surface area (Å²) in [4.78, 5) is 44.2. The number of pyridine rings is 1. The van der Waals surface area contributed by atoms with Crippen molar-refractivity contribution in [3.63, 3.8) is 0 Å². The zero-order valence-electron chi connectivity index (χ0n) is 19.8. The topological polar surface area (TPSA) is 127 Å². The molecule has 2 bridgehead atoms. The largest absolute Gasteiger partial charge is 0.373 e. The number of hydrogen-bond donors (Lipinski definition) is 3. The molecule has 3 amide bonds. The van der Waals surface area contributed by atoms with Gasteiger partial charge in [0.15, 0.2) is 0 Å². The Kier molecular flexibility index (Phi) is 7.64. The molecule has 4 aliphatic rings. The van der Waals surface area contributed by atoms with Crippen LogP contribution in [-0.4, -0.2) is 64.2 Å². The molecule has 12 heteroatoms. The van der Waals surface area contributed by atoms with Crippen LogP contribution in [0.15, 0.2) is 18.5 Å². The van der Waals surface area contributed by atoms with Gasteiger partial charge < -0.3 is 20.9 Å². The van der Waals surface area contributed by atoms with Crippen LogP contribution in [-0.2, 0) is 14.4 Å². The maximum atomic E-state index is 14.9. The Morgan fingerprint density at radius 1 is 1.36 bits per heavy atom. The van der Waals surface area contributed by atoms with Crippen LogP contribution in [0.2, 0.25) is 5.02 Å². The fourth-order valence-corrected chi connectivity index (χ4v) is 5.77. The van der Waals surface area contributed by atoms with E-state index in [1.165, 1.54) is 17.3 Å². The minimum Gasteiger partial charge on any atom is -0.373 e. The van der Waals surface area contributed by atoms with Crippen molar-refractivity contribution in [3.8, 4) is 6.07 Å². The number of carbonyl (C=O) groups is 3. The van der Waals surface area contributed by atoms with Gasteiger partial charge in [-0.25, -0.2) is 8.78 Å². The van der Waals surface area contributed by atoms with Crippen molar-refractivity contribution >= 4 is 35.0 Å². The molecule has 3 saturated heterocycles. The number of nitrogens with one attached hydrogen (secondary N) is 3. The first kappa shape index (κ1) is 26.1. The Balaban J connectivity index is 1.52. The van der Waals surface area contributed by atoms with E-state index in [4.69, 9.17) is 11.6 Å². The third kappa shape index (κ3) is 5.38. The number of aromatic nitrogens is 1. The highest BCUT2D eigenvalue weighted by atomic mass is 35.5. The number of carbonyl (C=O) groups excluding carboxylic acids is 3. The quantitative estimate of drug-likeness (QED) is 0.505. The van der Waals surface area contributed by atoms with Gasteiger partial charge in [0.2, 0.25) is 17.7 Å². The molecule has 1 aromatic rings. The van der Waals surface area contributed by atoms with Gasteiger partial charge in [-0.1, -0.05) is 11.6 Å². The van der Waals surface area contributed by atoms with Crippen LogP contribution in [0.3, 0.4) is 0 Å². The average Bonchev–Trinajstić information content (AvgIpc) is 2.83. The molecule has 4 fully saturated rings. The Morgan fingerprint density at radius 2 is 2.14 bits per heavy atom. The van der Waals surface area contributed by atoms with Gasteiger partial charge in [-0.2, -0.15) is 5.26 Å². The standard InChI is InChI=1S/C24H29ClF2N6O3/c1-13(31-17-8-15(25)11-29-12-17)23(36)33-18-4-5-19(24(26,27)9-18)20(33)22(35)32-16(10-28)7-14-3-2-6-30-21(14)34/h8,11-14,16,18-20,31H,2-7,9H2,1H3,(H,30,34)(H,32,35)/t13-,14+,16-,18-,19-,20+/m1/s1. The Hall–Kier alpha value is -3.00. The maximum Gasteiger partial charge on any atom is 0.255 e. The van der Waals surface area contributed by atoms with E-state index in [0.717, 1.165) is 6.42 Å². The van der Waals surface area contributed by atoms with E-state index in [2.05, 4.69) is 20.9 Å². The van der Waals surface area contributed by atoms with Crippen molar-refractivity contribution < 1.29 is 23.2 Å². The molecule has 4 heterocycles. The molecule has 3 aliphatic heterocycles. The number of halogens is 3. The second kappa shape index (κ2) is 10.5. The van der Waals surface area contributed by atoms with E-state index in [9.17, 15) is 28.4 Å². The van der Waals surface area contributed by atoms with Crippen LogP contribution in [0.4, 0.5) is 14.5 Å². The first-order valence-electron chi connectivity index (χ1n) is 12.2. The molecular formula is C24H29ClF2N6O3. The van der Waals surface area contributed by atoms with Crippen LogP contribution in [0.5, 0.6) is 0 Å². The van der Waals surface area contributed by atoms with Gasteiger partial charge in [0.05, 0.1) is 28.9 Å². The van der Waals surface area contributed by atoms with Crippen LogP contribution >= 0.6 is 11.6 Å². The summed E-state index contributed by atoms with van der Waals surface area (Å²) in [5.41, 5.74) is 0.479. The fourth-order valence-electron chi connectivity index (χ4n) is 5.60. The molecule has 0 aromatic carbocycles. The van der Waals surface area contributed by atoms with Crippen LogP contribution in [0.25, 0.3) is 0 Å². The lowest BCUT2D eigenvalue weighted by Crippen LogP contribution is -2.70. The molecule has 1 aromatic heterocycles. The van der Waals surface area contributed by atoms with Gasteiger partial charge in [-0.15, -0.1) is 0 Å². The lowest BCUT2D eigenvalue weighted by atomic mass is 9.71. The SMILES string of the molecule is C[C@@H](Nc1cncc(Cl)c1)C(=O)N1[C@@H]2CC[C@H]([C@H]1C(=O)N[C@@H](C#N)C[C@@H]1CCCNC1=O)C(F)(F)C2. The molecule has 36 heavy (non-hydrogen) atoms. The number of alkyl halides is 2. The van der Waals surface area contributed by atoms with E-state index in [0.29, 0.717) is 30.1 Å². The van der Waals surface area contributed by atoms with Crippen molar-refractivity contribution in [1.29, 1.82) is 5.26 Å². The molecule has 3 N–H and O–H groups in total. The van der Waals surface area contributed by atoms with Crippen molar-refractivity contribution in [1.82, 2.24) is 20.5 Å². The van der Waals surface area contributed by atoms with Crippen LogP contribution < -0.4 is 16.0 Å². The summed E-state index contributed by atoms with van der Waals surface area (Å²) in [6.07, 6.45) is 4.30. The lowest BCUT2D eigenvalue weighted by molar-refractivity contribution is -0.194. The summed E-state index contributed by atoms with van der Waals surface area (Å²) in [5.74, 6) is -6.39. The van der Waals surface area contributed by atoms with Crippen molar-refractivity contribution in [2.24, 2.45) is 11.8 Å². The van der Waals surface area contributed by atoms with Gasteiger partial charge in [-0.05, 0) is 45.1 Å². The maximum absolute atomic E-state index is 14.9. The Bertz CT molecular complexity index is 1070. The molecule has 0 spiro atoms. The molecule has 0 radical (unpaired) electrons. The highest BCUT2D eigenvalue weighted by molar-refractivity contribution is 6.30. The molecule has 5 rings (SSSR count). The molecule has 6 atom stereocenters. The van der Waals surface area contributed by atoms with Crippen molar-refractivity contribution in [3.05, 3.63) is 23.5 Å². The average molecular weight is 523 g/mol. The van der Waals surface area contributed by atoms with Crippen LogP contribution in [0.1, 0.15) is 45.4 Å². The third-order valence-electron chi connectivity index (χ3n) is 7.31. The molecule has 0 unspecified atom stereocenters. The third-order valence-corrected chi connectivity index (χ3v) is 7.52. The summed E-state index contributed by atoms with van der Waals surface area (Å²) in [7, 11) is 0. The van der Waals surface area contributed by atoms with Gasteiger partial charge >= 0.3 is 0 Å². The van der Waals surface area contributed by atoms with Gasteiger partial charge in [0.1, 0.15) is 18.1 Å². The molecule has 1 aliphatic carbocycles. The summed E-state index contributed by atoms with van der Waals surface area (Å²) in [6, 6.07) is -0.547. The monoisotopic (exact) mass is 522 g/mol. The molecule has 1 saturated carbocycles. The van der Waals surface area contributed by atoms with Gasteiger partial charge in [-0.3, -0.25) is 19.4 Å². The summed E-state index contributed by atoms with van der Waals surface area (Å²) >= 11 is 5.96. The number of hydrogen-bond acceptors (Lipinski definition) is 6. The highest BCUT2D eigenvalue weighted by Crippen LogP contribution is 2.49. The number of nitrogens with zero attached hydrogens (tertiary/aromatic N) is 3. The van der Waals surface area contributed by atoms with E-state index >= 15 is 0 Å². The molecular weight excluding hydrogens is 494 g/mol. The Morgan fingerprint density at radius 3 is 2.81 bits per heavy atom. The number of piperidine rings is 3. The molecule has 9 nitrogen and oxygen atoms in total. The first-order valence-corrected chi connectivity index (χ1v) is 12.5. The van der Waals surface area contributed by atoms with Crippen LogP contribution in [0, 0.1) is 23.2 Å². The van der Waals surface area contributed by atoms with E-state index in [1.807, 2.05) is 6.07 Å². The zero-order valence-corrected chi connectivity index (χ0v) is 20.6. The smallest absolute Gasteiger partial charge is 0.255 e. The van der Waals surface area contributed by atoms with E-state index in [1.54, 1.807) is 13.0 Å². The van der Waals surface area contributed by atoms with E-state index < -0.39 is 60.2 Å². The summed E-state index contributed by atoms with van der Waals surface area (Å²) < 4.78 is 29.8. The normalized spacial score (nSPS) is 28.4. The minimum atomic E-state index is -3.11. The van der Waals surface area contributed by atoms with Crippen molar-refractivity contribution in [2.75, 3.05) is 11.9 Å². The summed E-state index contributed by atoms with van der Waals surface area (Å²) in [6.45, 7) is 2.14. The van der Waals surface area contributed by atoms with Gasteiger partial charge in [0, 0.05) is 31.1 Å². The number of rotatable bonds is 7. The second-order valence-corrected chi connectivity index (χ2v) is 10.2. The number of nitriles is 1. The first-order chi connectivity index (χ1) is 17.1. The van der Waals surface area contributed by atoms with Gasteiger partial charge in [0.25, 0.3) is 5.92 Å². The predicted octanol–water partition coefficient (Wildman–Crippen LogP) is 2.47. The van der Waals surface area contributed by atoms with E-state index in [-0.39, 0.29) is 18.7 Å². The fraction of sp³-hybridized carbons (Fsp3) is 0.625. The lowest BCUT2D eigenvalue weighted by Gasteiger charge is -2.54. The number of anilines is 1. The summed E-state index contributed by atoms with van der Waals surface area (Å²) in [5, 5.41) is 18.3.